The van der Waals surface area contributed by atoms with Gasteiger partial charge in [-0.05, 0) is 31.2 Å². The third-order valence-electron chi connectivity index (χ3n) is 4.41. The van der Waals surface area contributed by atoms with E-state index in [1.165, 1.54) is 11.8 Å². The van der Waals surface area contributed by atoms with Gasteiger partial charge in [0.2, 0.25) is 0 Å². The van der Waals surface area contributed by atoms with Gasteiger partial charge in [-0.25, -0.2) is 0 Å². The maximum Gasteiger partial charge on any atom is 0.352 e. The Morgan fingerprint density at radius 3 is 2.37 bits per heavy atom. The Morgan fingerprint density at radius 1 is 1.00 bits per heavy atom. The molecule has 0 spiro atoms. The first-order valence-corrected chi connectivity index (χ1v) is 11.7. The Morgan fingerprint density at radius 2 is 1.67 bits per heavy atom. The Balaban J connectivity index is 1.69. The van der Waals surface area contributed by atoms with Crippen LogP contribution >= 0.6 is 11.8 Å². The highest BCUT2D eigenvalue weighted by molar-refractivity contribution is 8.04. The summed E-state index contributed by atoms with van der Waals surface area (Å²) in [6.45, 7) is 1.91. The van der Waals surface area contributed by atoms with E-state index in [1.807, 2.05) is 61.5 Å². The van der Waals surface area contributed by atoms with Crippen LogP contribution in [0.2, 0.25) is 0 Å². The molecule has 30 heavy (non-hydrogen) atoms. The fourth-order valence-corrected chi connectivity index (χ4v) is 4.27. The molecule has 0 aliphatic heterocycles. The van der Waals surface area contributed by atoms with Crippen LogP contribution in [0.1, 0.15) is 23.6 Å². The van der Waals surface area contributed by atoms with Crippen LogP contribution in [-0.2, 0) is 14.3 Å². The smallest absolute Gasteiger partial charge is 0.352 e. The van der Waals surface area contributed by atoms with Gasteiger partial charge in [0.05, 0.1) is 17.9 Å². The van der Waals surface area contributed by atoms with E-state index in [4.69, 9.17) is 9.92 Å². The van der Waals surface area contributed by atoms with Crippen molar-refractivity contribution in [3.05, 3.63) is 94.8 Å². The van der Waals surface area contributed by atoms with E-state index in [-0.39, 0.29) is 17.5 Å². The van der Waals surface area contributed by atoms with Crippen molar-refractivity contribution in [3.8, 4) is 5.40 Å². The van der Waals surface area contributed by atoms with Crippen molar-refractivity contribution in [2.24, 2.45) is 0 Å². The minimum Gasteiger partial charge on any atom is -0.398 e. The van der Waals surface area contributed by atoms with Crippen molar-refractivity contribution in [1.29, 1.82) is 0 Å². The Labute approximate surface area is 181 Å². The molecule has 7 heteroatoms. The first kappa shape index (κ1) is 21.9. The second-order valence-corrected chi connectivity index (χ2v) is 9.11. The molecule has 3 aromatic carbocycles. The third-order valence-corrected chi connectivity index (χ3v) is 6.52. The van der Waals surface area contributed by atoms with E-state index in [9.17, 15) is 8.42 Å². The molecule has 0 saturated carbocycles. The molecule has 0 heterocycles. The largest absolute Gasteiger partial charge is 0.398 e. The number of nitrogens with two attached hydrogens (primary N) is 1. The maximum absolute atomic E-state index is 12.4. The lowest BCUT2D eigenvalue weighted by atomic mass is 10.1. The molecule has 0 radical (unpaired) electrons. The van der Waals surface area contributed by atoms with Crippen molar-refractivity contribution in [1.82, 2.24) is 0 Å². The van der Waals surface area contributed by atoms with Gasteiger partial charge in [0, 0.05) is 27.9 Å². The highest BCUT2D eigenvalue weighted by Crippen LogP contribution is 2.27. The number of nitrogens with zero attached hydrogens (tertiary/aromatic N) is 1. The van der Waals surface area contributed by atoms with Gasteiger partial charge in [0.15, 0.2) is 0 Å². The van der Waals surface area contributed by atoms with Crippen LogP contribution in [0.25, 0.3) is 4.85 Å². The molecular weight excluding hydrogens is 416 g/mol. The summed E-state index contributed by atoms with van der Waals surface area (Å²) < 4.78 is 30.1. The fraction of sp³-hybridized carbons (Fsp3) is 0.174. The minimum absolute atomic E-state index is 0.0130. The van der Waals surface area contributed by atoms with Crippen LogP contribution in [0.3, 0.4) is 0 Å². The molecule has 0 unspecified atom stereocenters. The number of anilines is 1. The van der Waals surface area contributed by atoms with E-state index in [1.54, 1.807) is 24.3 Å². The molecular formula is C23H23N2O3S2+. The second-order valence-electron chi connectivity index (χ2n) is 6.66. The summed E-state index contributed by atoms with van der Waals surface area (Å²) in [7, 11) is -3.81. The molecule has 0 saturated heterocycles. The molecule has 0 aliphatic carbocycles. The average Bonchev–Trinajstić information content (AvgIpc) is 2.75. The summed E-state index contributed by atoms with van der Waals surface area (Å²) in [6.07, 6.45) is 0.396. The first-order valence-electron chi connectivity index (χ1n) is 9.43. The zero-order valence-electron chi connectivity index (χ0n) is 16.6. The highest BCUT2D eigenvalue weighted by Gasteiger charge is 2.23. The molecule has 2 N–H and O–H groups in total. The van der Waals surface area contributed by atoms with Gasteiger partial charge in [0.25, 0.3) is 10.1 Å². The summed E-state index contributed by atoms with van der Waals surface area (Å²) in [4.78, 5) is 5.53. The predicted octanol–water partition coefficient (Wildman–Crippen LogP) is 5.50. The number of thioether (sulfide) groups is 1. The number of aryl methyl sites for hydroxylation is 1. The minimum atomic E-state index is -3.81. The lowest BCUT2D eigenvalue weighted by Gasteiger charge is -2.06. The monoisotopic (exact) mass is 439 g/mol. The summed E-state index contributed by atoms with van der Waals surface area (Å²) in [5.41, 5.74) is 8.56. The van der Waals surface area contributed by atoms with Crippen LogP contribution in [0.5, 0.6) is 0 Å². The lowest BCUT2D eigenvalue weighted by molar-refractivity contribution is 0.306. The normalized spacial score (nSPS) is 12.0. The lowest BCUT2D eigenvalue weighted by Crippen LogP contribution is -2.09. The standard InChI is InChI=1S/C23H23N2O3S2/c1-18-11-13-20(14-12-18)30(26,27)28-16-15-22(19-7-3-2-4-8-19)25-17-29-23-10-6-5-9-21(23)24/h2-14,22H,15-16,24H2,1H3/q+1/t22-/m0/s1. The van der Waals surface area contributed by atoms with Gasteiger partial charge < -0.3 is 5.73 Å². The van der Waals surface area contributed by atoms with Crippen molar-refractivity contribution in [2.45, 2.75) is 29.2 Å². The van der Waals surface area contributed by atoms with Crippen LogP contribution in [0.4, 0.5) is 5.69 Å². The predicted molar refractivity (Wildman–Crippen MR) is 122 cm³/mol. The van der Waals surface area contributed by atoms with Gasteiger partial charge in [-0.1, -0.05) is 65.0 Å². The number of rotatable bonds is 7. The molecule has 5 nitrogen and oxygen atoms in total. The fourth-order valence-electron chi connectivity index (χ4n) is 2.74. The Kier molecular flexibility index (Phi) is 7.52. The summed E-state index contributed by atoms with van der Waals surface area (Å²) >= 11 is 1.31. The van der Waals surface area contributed by atoms with Crippen molar-refractivity contribution < 1.29 is 12.6 Å². The number of benzene rings is 3. The molecule has 0 aromatic heterocycles. The van der Waals surface area contributed by atoms with Crippen LogP contribution < -0.4 is 5.73 Å². The number of hydrogen-bond donors (Lipinski definition) is 1. The van der Waals surface area contributed by atoms with Gasteiger partial charge in [0.1, 0.15) is 0 Å². The summed E-state index contributed by atoms with van der Waals surface area (Å²) in [6, 6.07) is 23.5. The van der Waals surface area contributed by atoms with E-state index in [0.29, 0.717) is 12.1 Å². The van der Waals surface area contributed by atoms with E-state index in [0.717, 1.165) is 16.0 Å². The van der Waals surface area contributed by atoms with Crippen LogP contribution in [0.15, 0.2) is 88.7 Å². The Bertz CT molecular complexity index is 1140. The van der Waals surface area contributed by atoms with Gasteiger partial charge >= 0.3 is 11.4 Å². The highest BCUT2D eigenvalue weighted by atomic mass is 32.2. The summed E-state index contributed by atoms with van der Waals surface area (Å²) in [5.74, 6) is 0. The van der Waals surface area contributed by atoms with Crippen molar-refractivity contribution in [3.63, 3.8) is 0 Å². The second kappa shape index (κ2) is 10.3. The van der Waals surface area contributed by atoms with Crippen LogP contribution in [-0.4, -0.2) is 15.0 Å². The Hall–Kier alpha value is -2.79. The van der Waals surface area contributed by atoms with E-state index < -0.39 is 10.1 Å². The number of para-hydroxylation sites is 1. The SMILES string of the molecule is Cc1ccc(S(=O)(=O)OCC[C@H]([N+]#CSc2ccccc2N)c2ccccc2)cc1. The number of hydrogen-bond acceptors (Lipinski definition) is 5. The maximum atomic E-state index is 12.4. The van der Waals surface area contributed by atoms with Crippen molar-refractivity contribution >= 4 is 27.6 Å². The van der Waals surface area contributed by atoms with Gasteiger partial charge in [-0.15, -0.1) is 0 Å². The molecule has 154 valence electrons. The van der Waals surface area contributed by atoms with Crippen LogP contribution in [0, 0.1) is 12.3 Å². The summed E-state index contributed by atoms with van der Waals surface area (Å²) in [5, 5.41) is 2.98. The average molecular weight is 440 g/mol. The quantitative estimate of drug-likeness (QED) is 0.228. The molecule has 0 bridgehead atoms. The topological polar surface area (TPSA) is 73.8 Å². The number of nitrogen functional groups attached to an aromatic ring is 1. The van der Waals surface area contributed by atoms with E-state index >= 15 is 0 Å². The number of thiocyanates is 1. The zero-order valence-corrected chi connectivity index (χ0v) is 18.2. The van der Waals surface area contributed by atoms with E-state index in [2.05, 4.69) is 10.2 Å². The van der Waals surface area contributed by atoms with Gasteiger partial charge in [-0.3, -0.25) is 4.18 Å². The first-order chi connectivity index (χ1) is 14.5. The third kappa shape index (κ3) is 6.10. The molecule has 3 aromatic rings. The molecule has 3 rings (SSSR count). The molecule has 1 atom stereocenters. The van der Waals surface area contributed by atoms with Crippen molar-refractivity contribution in [2.75, 3.05) is 12.3 Å². The molecule has 0 amide bonds. The zero-order chi connectivity index (χ0) is 21.4. The van der Waals surface area contributed by atoms with Gasteiger partial charge in [-0.2, -0.15) is 8.42 Å². The molecule has 0 fully saturated rings. The molecule has 0 aliphatic rings.